The van der Waals surface area contributed by atoms with E-state index in [2.05, 4.69) is 15.6 Å². The largest absolute Gasteiger partial charge is 0.325 e. The van der Waals surface area contributed by atoms with E-state index in [0.717, 1.165) is 0 Å². The van der Waals surface area contributed by atoms with Crippen molar-refractivity contribution in [2.24, 2.45) is 0 Å². The molecule has 1 aromatic heterocycles. The molecule has 0 aliphatic carbocycles. The van der Waals surface area contributed by atoms with Crippen LogP contribution in [0.1, 0.15) is 6.92 Å². The summed E-state index contributed by atoms with van der Waals surface area (Å²) in [6.07, 6.45) is 1.45. The number of benzene rings is 1. The Hall–Kier alpha value is -2.15. The van der Waals surface area contributed by atoms with Gasteiger partial charge >= 0.3 is 0 Å². The van der Waals surface area contributed by atoms with Crippen molar-refractivity contribution >= 4 is 46.5 Å². The zero-order valence-corrected chi connectivity index (χ0v) is 15.3. The number of hydrogen-bond donors (Lipinski definition) is 2. The first-order valence-corrected chi connectivity index (χ1v) is 8.29. The van der Waals surface area contributed by atoms with Gasteiger partial charge in [0.05, 0.1) is 17.6 Å². The van der Waals surface area contributed by atoms with E-state index < -0.39 is 6.04 Å². The number of carbonyl (C=O) groups excluding carboxylic acids is 2. The van der Waals surface area contributed by atoms with E-state index in [1.54, 1.807) is 55.3 Å². The zero-order chi connectivity index (χ0) is 18.4. The van der Waals surface area contributed by atoms with E-state index in [1.165, 1.54) is 6.20 Å². The van der Waals surface area contributed by atoms with Gasteiger partial charge in [-0.15, -0.1) is 0 Å². The zero-order valence-electron chi connectivity index (χ0n) is 13.8. The molecule has 6 nitrogen and oxygen atoms in total. The maximum atomic E-state index is 12.2. The molecule has 1 atom stereocenters. The van der Waals surface area contributed by atoms with Crippen LogP contribution >= 0.6 is 23.2 Å². The van der Waals surface area contributed by atoms with Crippen LogP contribution in [0.15, 0.2) is 42.6 Å². The van der Waals surface area contributed by atoms with Gasteiger partial charge in [0.15, 0.2) is 0 Å². The molecule has 1 heterocycles. The summed E-state index contributed by atoms with van der Waals surface area (Å²) in [7, 11) is 1.70. The molecule has 1 unspecified atom stereocenters. The van der Waals surface area contributed by atoms with Crippen LogP contribution < -0.4 is 10.6 Å². The number of carbonyl (C=O) groups is 2. The highest BCUT2D eigenvalue weighted by Gasteiger charge is 2.20. The molecule has 2 amide bonds. The van der Waals surface area contributed by atoms with E-state index in [0.29, 0.717) is 21.6 Å². The number of pyridine rings is 1. The first kappa shape index (κ1) is 19.2. The minimum Gasteiger partial charge on any atom is -0.325 e. The van der Waals surface area contributed by atoms with Crippen molar-refractivity contribution < 1.29 is 9.59 Å². The van der Waals surface area contributed by atoms with Crippen molar-refractivity contribution in [3.8, 4) is 0 Å². The predicted molar refractivity (Wildman–Crippen MR) is 100 cm³/mol. The Labute approximate surface area is 156 Å². The Kier molecular flexibility index (Phi) is 6.75. The minimum absolute atomic E-state index is 0.0608. The second-order valence-corrected chi connectivity index (χ2v) is 6.37. The first-order valence-electron chi connectivity index (χ1n) is 7.53. The fraction of sp³-hybridized carbons (Fsp3) is 0.235. The van der Waals surface area contributed by atoms with Crippen LogP contribution in [0.3, 0.4) is 0 Å². The van der Waals surface area contributed by atoms with Crippen LogP contribution in [0.4, 0.5) is 11.5 Å². The fourth-order valence-corrected chi connectivity index (χ4v) is 2.22. The number of likely N-dealkylation sites (N-methyl/N-ethyl adjacent to an activating group) is 1. The van der Waals surface area contributed by atoms with E-state index in [9.17, 15) is 9.59 Å². The van der Waals surface area contributed by atoms with Gasteiger partial charge in [0.1, 0.15) is 5.82 Å². The van der Waals surface area contributed by atoms with Crippen molar-refractivity contribution in [1.82, 2.24) is 9.88 Å². The van der Waals surface area contributed by atoms with Gasteiger partial charge in [-0.1, -0.05) is 23.2 Å². The average Bonchev–Trinajstić information content (AvgIpc) is 2.58. The topological polar surface area (TPSA) is 74.3 Å². The summed E-state index contributed by atoms with van der Waals surface area (Å²) in [6, 6.07) is 9.53. The molecule has 0 saturated heterocycles. The molecule has 8 heteroatoms. The smallest absolute Gasteiger partial charge is 0.242 e. The summed E-state index contributed by atoms with van der Waals surface area (Å²) in [6.45, 7) is 1.77. The third kappa shape index (κ3) is 6.01. The van der Waals surface area contributed by atoms with E-state index in [4.69, 9.17) is 23.2 Å². The lowest BCUT2D eigenvalue weighted by atomic mass is 10.2. The van der Waals surface area contributed by atoms with E-state index in [1.807, 2.05) is 0 Å². The Bertz CT molecular complexity index is 735. The van der Waals surface area contributed by atoms with Gasteiger partial charge < -0.3 is 10.6 Å². The molecular formula is C17H18Cl2N4O2. The van der Waals surface area contributed by atoms with Crippen molar-refractivity contribution in [3.63, 3.8) is 0 Å². The van der Waals surface area contributed by atoms with Crippen LogP contribution in [0, 0.1) is 0 Å². The van der Waals surface area contributed by atoms with Gasteiger partial charge in [-0.25, -0.2) is 4.98 Å². The Morgan fingerprint density at radius 2 is 1.72 bits per heavy atom. The van der Waals surface area contributed by atoms with Gasteiger partial charge in [-0.05, 0) is 50.4 Å². The lowest BCUT2D eigenvalue weighted by molar-refractivity contribution is -0.122. The summed E-state index contributed by atoms with van der Waals surface area (Å²) in [4.78, 5) is 30.0. The van der Waals surface area contributed by atoms with Crippen molar-refractivity contribution in [1.29, 1.82) is 0 Å². The molecule has 2 N–H and O–H groups in total. The number of amides is 2. The molecule has 0 bridgehead atoms. The quantitative estimate of drug-likeness (QED) is 0.806. The van der Waals surface area contributed by atoms with Gasteiger partial charge in [0.2, 0.25) is 11.8 Å². The number of rotatable bonds is 6. The average molecular weight is 381 g/mol. The summed E-state index contributed by atoms with van der Waals surface area (Å²) in [5.74, 6) is -0.0917. The molecule has 0 spiro atoms. The number of hydrogen-bond acceptors (Lipinski definition) is 4. The molecule has 0 fully saturated rings. The Morgan fingerprint density at radius 1 is 1.08 bits per heavy atom. The van der Waals surface area contributed by atoms with Crippen LogP contribution in [-0.2, 0) is 9.59 Å². The number of nitrogens with zero attached hydrogens (tertiary/aromatic N) is 2. The van der Waals surface area contributed by atoms with Crippen molar-refractivity contribution in [3.05, 3.63) is 52.6 Å². The monoisotopic (exact) mass is 380 g/mol. The number of anilines is 2. The molecule has 0 aliphatic heterocycles. The minimum atomic E-state index is -0.520. The molecular weight excluding hydrogens is 363 g/mol. The van der Waals surface area contributed by atoms with Crippen LogP contribution in [0.5, 0.6) is 0 Å². The predicted octanol–water partition coefficient (Wildman–Crippen LogP) is 3.29. The lowest BCUT2D eigenvalue weighted by Crippen LogP contribution is -2.43. The van der Waals surface area contributed by atoms with E-state index >= 15 is 0 Å². The molecule has 1 aromatic carbocycles. The first-order chi connectivity index (χ1) is 11.8. The highest BCUT2D eigenvalue weighted by molar-refractivity contribution is 6.30. The Morgan fingerprint density at radius 3 is 2.32 bits per heavy atom. The Balaban J connectivity index is 1.86. The number of halogens is 2. The molecule has 132 valence electrons. The summed E-state index contributed by atoms with van der Waals surface area (Å²) >= 11 is 11.6. The van der Waals surface area contributed by atoms with Gasteiger partial charge in [0.25, 0.3) is 0 Å². The van der Waals surface area contributed by atoms with E-state index in [-0.39, 0.29) is 18.4 Å². The third-order valence-corrected chi connectivity index (χ3v) is 4.02. The van der Waals surface area contributed by atoms with Gasteiger partial charge in [-0.3, -0.25) is 14.5 Å². The highest BCUT2D eigenvalue weighted by atomic mass is 35.5. The van der Waals surface area contributed by atoms with Crippen LogP contribution in [-0.4, -0.2) is 41.3 Å². The fourth-order valence-electron chi connectivity index (χ4n) is 1.98. The third-order valence-electron chi connectivity index (χ3n) is 3.54. The molecule has 2 aromatic rings. The van der Waals surface area contributed by atoms with Crippen molar-refractivity contribution in [2.75, 3.05) is 24.2 Å². The standard InChI is InChI=1S/C17H18Cl2N4O2/c1-11(17(25)22-15-8-5-13(19)9-20-15)23(2)10-16(24)21-14-6-3-12(18)4-7-14/h3-9,11H,10H2,1-2H3,(H,21,24)(H,20,22,25). The summed E-state index contributed by atoms with van der Waals surface area (Å²) < 4.78 is 0. The normalized spacial score (nSPS) is 11.9. The highest BCUT2D eigenvalue weighted by Crippen LogP contribution is 2.14. The molecule has 0 aliphatic rings. The second kappa shape index (κ2) is 8.80. The number of nitrogens with one attached hydrogen (secondary N) is 2. The van der Waals surface area contributed by atoms with Crippen LogP contribution in [0.2, 0.25) is 10.0 Å². The SMILES string of the molecule is CC(C(=O)Nc1ccc(Cl)cn1)N(C)CC(=O)Nc1ccc(Cl)cc1. The van der Waals surface area contributed by atoms with Crippen LogP contribution in [0.25, 0.3) is 0 Å². The van der Waals surface area contributed by atoms with Gasteiger partial charge in [0, 0.05) is 16.9 Å². The maximum Gasteiger partial charge on any atom is 0.242 e. The van der Waals surface area contributed by atoms with Crippen molar-refractivity contribution in [2.45, 2.75) is 13.0 Å². The van der Waals surface area contributed by atoms with Gasteiger partial charge in [-0.2, -0.15) is 0 Å². The molecule has 0 radical (unpaired) electrons. The number of aromatic nitrogens is 1. The summed E-state index contributed by atoms with van der Waals surface area (Å²) in [5.41, 5.74) is 0.644. The summed E-state index contributed by atoms with van der Waals surface area (Å²) in [5, 5.41) is 6.52. The maximum absolute atomic E-state index is 12.2. The molecule has 0 saturated carbocycles. The molecule has 2 rings (SSSR count). The molecule has 25 heavy (non-hydrogen) atoms. The second-order valence-electron chi connectivity index (χ2n) is 5.50. The lowest BCUT2D eigenvalue weighted by Gasteiger charge is -2.23.